The number of nitrogens with zero attached hydrogens (tertiary/aromatic N) is 3. The molecule has 2 N–H and O–H groups in total. The lowest BCUT2D eigenvalue weighted by Gasteiger charge is -2.28. The number of hydrogen-bond acceptors (Lipinski definition) is 5. The number of urea groups is 1. The highest BCUT2D eigenvalue weighted by Crippen LogP contribution is 2.33. The zero-order valence-electron chi connectivity index (χ0n) is 14.9. The predicted molar refractivity (Wildman–Crippen MR) is 107 cm³/mol. The summed E-state index contributed by atoms with van der Waals surface area (Å²) in [6.45, 7) is 0.804. The van der Waals surface area contributed by atoms with Crippen LogP contribution in [0.1, 0.15) is 5.56 Å². The molecule has 1 aromatic heterocycles. The Hall–Kier alpha value is -4.05. The van der Waals surface area contributed by atoms with Crippen molar-refractivity contribution < 1.29 is 9.53 Å². The van der Waals surface area contributed by atoms with Gasteiger partial charge in [0, 0.05) is 17.4 Å². The maximum atomic E-state index is 12.6. The third-order valence-electron chi connectivity index (χ3n) is 4.23. The first-order chi connectivity index (χ1) is 13.7. The van der Waals surface area contributed by atoms with Gasteiger partial charge in [-0.15, -0.1) is 0 Å². The lowest BCUT2D eigenvalue weighted by Crippen LogP contribution is -2.41. The van der Waals surface area contributed by atoms with Crippen LogP contribution in [-0.4, -0.2) is 24.2 Å². The van der Waals surface area contributed by atoms with E-state index in [1.54, 1.807) is 23.2 Å². The summed E-state index contributed by atoms with van der Waals surface area (Å²) in [6, 6.07) is 20.0. The fraction of sp³-hybridized carbons (Fsp3) is 0.0952. The van der Waals surface area contributed by atoms with Crippen LogP contribution in [0.15, 0.2) is 66.9 Å². The van der Waals surface area contributed by atoms with Gasteiger partial charge in [0.2, 0.25) is 0 Å². The molecule has 0 fully saturated rings. The van der Waals surface area contributed by atoms with Crippen molar-refractivity contribution in [2.75, 3.05) is 28.7 Å². The highest BCUT2D eigenvalue weighted by molar-refractivity contribution is 6.02. The first-order valence-electron chi connectivity index (χ1n) is 8.76. The molecule has 0 radical (unpaired) electrons. The molecule has 0 saturated carbocycles. The summed E-state index contributed by atoms with van der Waals surface area (Å²) < 4.78 is 5.70. The van der Waals surface area contributed by atoms with E-state index in [2.05, 4.69) is 21.7 Å². The number of amides is 2. The molecule has 0 bridgehead atoms. The molecule has 1 aliphatic rings. The number of carbonyl (C=O) groups is 1. The summed E-state index contributed by atoms with van der Waals surface area (Å²) in [5.41, 5.74) is 2.88. The summed E-state index contributed by atoms with van der Waals surface area (Å²) in [4.78, 5) is 18.6. The molecule has 2 heterocycles. The second kappa shape index (κ2) is 7.68. The zero-order chi connectivity index (χ0) is 19.3. The van der Waals surface area contributed by atoms with Crippen LogP contribution in [0, 0.1) is 11.3 Å². The summed E-state index contributed by atoms with van der Waals surface area (Å²) >= 11 is 0. The first-order valence-corrected chi connectivity index (χ1v) is 8.76. The summed E-state index contributed by atoms with van der Waals surface area (Å²) in [5, 5.41) is 15.0. The molecule has 0 atom stereocenters. The van der Waals surface area contributed by atoms with Crippen LogP contribution in [-0.2, 0) is 0 Å². The number of nitrogens with one attached hydrogen (secondary N) is 2. The Morgan fingerprint density at radius 1 is 1.07 bits per heavy atom. The van der Waals surface area contributed by atoms with Crippen molar-refractivity contribution in [1.82, 2.24) is 4.98 Å². The molecule has 2 aromatic carbocycles. The smallest absolute Gasteiger partial charge is 0.327 e. The number of benzene rings is 2. The number of hydrogen-bond donors (Lipinski definition) is 2. The molecule has 3 aromatic rings. The molecule has 0 spiro atoms. The molecule has 1 aliphatic heterocycles. The molecule has 7 heteroatoms. The van der Waals surface area contributed by atoms with Crippen LogP contribution in [0.3, 0.4) is 0 Å². The highest BCUT2D eigenvalue weighted by Gasteiger charge is 2.25. The Balaban J connectivity index is 1.52. The van der Waals surface area contributed by atoms with Crippen molar-refractivity contribution in [3.8, 4) is 11.8 Å². The fourth-order valence-corrected chi connectivity index (χ4v) is 2.87. The lowest BCUT2D eigenvalue weighted by molar-refractivity contribution is 0.249. The normalized spacial score (nSPS) is 12.3. The van der Waals surface area contributed by atoms with Gasteiger partial charge < -0.3 is 15.4 Å². The number of pyridine rings is 1. The van der Waals surface area contributed by atoms with Gasteiger partial charge in [0.05, 0.1) is 30.1 Å². The van der Waals surface area contributed by atoms with Gasteiger partial charge in [-0.05, 0) is 36.4 Å². The number of para-hydroxylation sites is 1. The highest BCUT2D eigenvalue weighted by atomic mass is 16.5. The quantitative estimate of drug-likeness (QED) is 0.722. The van der Waals surface area contributed by atoms with Crippen LogP contribution in [0.2, 0.25) is 0 Å². The van der Waals surface area contributed by atoms with Crippen molar-refractivity contribution in [3.05, 3.63) is 72.4 Å². The van der Waals surface area contributed by atoms with E-state index < -0.39 is 0 Å². The van der Waals surface area contributed by atoms with E-state index in [4.69, 9.17) is 10.00 Å². The fourth-order valence-electron chi connectivity index (χ4n) is 2.87. The zero-order valence-corrected chi connectivity index (χ0v) is 14.9. The molecular weight excluding hydrogens is 354 g/mol. The Morgan fingerprint density at radius 2 is 1.86 bits per heavy atom. The molecule has 0 aliphatic carbocycles. The third-order valence-corrected chi connectivity index (χ3v) is 4.23. The standard InChI is InChI=1S/C21H17N5O2/c22-13-15-6-8-17(9-7-15)24-18-12-19-20(23-14-18)26(10-11-28-19)21(27)25-16-4-2-1-3-5-16/h1-9,12,14,24H,10-11H2,(H,25,27). The largest absolute Gasteiger partial charge is 0.488 e. The average molecular weight is 371 g/mol. The SMILES string of the molecule is N#Cc1ccc(Nc2cnc3c(c2)OCCN3C(=O)Nc2ccccc2)cc1. The number of ether oxygens (including phenoxy) is 1. The minimum atomic E-state index is -0.254. The number of carbonyl (C=O) groups excluding carboxylic acids is 1. The Bertz CT molecular complexity index is 1030. The first kappa shape index (κ1) is 17.4. The topological polar surface area (TPSA) is 90.3 Å². The molecule has 0 unspecified atom stereocenters. The summed E-state index contributed by atoms with van der Waals surface area (Å²) in [5.74, 6) is 1.01. The van der Waals surface area contributed by atoms with Gasteiger partial charge in [0.25, 0.3) is 0 Å². The maximum Gasteiger partial charge on any atom is 0.327 e. The van der Waals surface area contributed by atoms with E-state index in [9.17, 15) is 4.79 Å². The van der Waals surface area contributed by atoms with Crippen molar-refractivity contribution in [2.45, 2.75) is 0 Å². The predicted octanol–water partition coefficient (Wildman–Crippen LogP) is 4.13. The Kier molecular flexibility index (Phi) is 4.76. The second-order valence-corrected chi connectivity index (χ2v) is 6.16. The minimum absolute atomic E-state index is 0.254. The van der Waals surface area contributed by atoms with E-state index in [-0.39, 0.29) is 6.03 Å². The molecule has 0 saturated heterocycles. The Labute approximate surface area is 162 Å². The maximum absolute atomic E-state index is 12.6. The number of anilines is 4. The van der Waals surface area contributed by atoms with Crippen molar-refractivity contribution >= 4 is 28.9 Å². The van der Waals surface area contributed by atoms with E-state index in [0.29, 0.717) is 30.3 Å². The molecular formula is C21H17N5O2. The van der Waals surface area contributed by atoms with E-state index in [1.807, 2.05) is 48.5 Å². The van der Waals surface area contributed by atoms with Crippen LogP contribution in [0.4, 0.5) is 27.7 Å². The van der Waals surface area contributed by atoms with Crippen LogP contribution in [0.25, 0.3) is 0 Å². The molecule has 7 nitrogen and oxygen atoms in total. The monoisotopic (exact) mass is 371 g/mol. The third kappa shape index (κ3) is 3.71. The van der Waals surface area contributed by atoms with E-state index in [0.717, 1.165) is 17.1 Å². The number of nitriles is 1. The van der Waals surface area contributed by atoms with Gasteiger partial charge in [0.15, 0.2) is 11.6 Å². The van der Waals surface area contributed by atoms with Crippen molar-refractivity contribution in [3.63, 3.8) is 0 Å². The molecule has 28 heavy (non-hydrogen) atoms. The van der Waals surface area contributed by atoms with Crippen molar-refractivity contribution in [1.29, 1.82) is 5.26 Å². The van der Waals surface area contributed by atoms with E-state index in [1.165, 1.54) is 0 Å². The summed E-state index contributed by atoms with van der Waals surface area (Å²) in [7, 11) is 0. The van der Waals surface area contributed by atoms with Gasteiger partial charge >= 0.3 is 6.03 Å². The second-order valence-electron chi connectivity index (χ2n) is 6.16. The molecule has 4 rings (SSSR count). The number of fused-ring (bicyclic) bond motifs is 1. The van der Waals surface area contributed by atoms with Crippen LogP contribution in [0.5, 0.6) is 5.75 Å². The van der Waals surface area contributed by atoms with Gasteiger partial charge in [-0.25, -0.2) is 9.78 Å². The van der Waals surface area contributed by atoms with Gasteiger partial charge in [-0.2, -0.15) is 5.26 Å². The average Bonchev–Trinajstić information content (AvgIpc) is 2.74. The van der Waals surface area contributed by atoms with Crippen LogP contribution >= 0.6 is 0 Å². The molecule has 2 amide bonds. The van der Waals surface area contributed by atoms with Gasteiger partial charge in [-0.1, -0.05) is 18.2 Å². The van der Waals surface area contributed by atoms with Crippen LogP contribution < -0.4 is 20.3 Å². The Morgan fingerprint density at radius 3 is 2.61 bits per heavy atom. The number of rotatable bonds is 3. The molecule has 138 valence electrons. The lowest BCUT2D eigenvalue weighted by atomic mass is 10.2. The van der Waals surface area contributed by atoms with Gasteiger partial charge in [0.1, 0.15) is 6.61 Å². The number of aromatic nitrogens is 1. The summed E-state index contributed by atoms with van der Waals surface area (Å²) in [6.07, 6.45) is 1.65. The minimum Gasteiger partial charge on any atom is -0.488 e. The van der Waals surface area contributed by atoms with Crippen molar-refractivity contribution in [2.24, 2.45) is 0 Å². The van der Waals surface area contributed by atoms with Gasteiger partial charge in [-0.3, -0.25) is 4.90 Å². The van der Waals surface area contributed by atoms with E-state index >= 15 is 0 Å².